The van der Waals surface area contributed by atoms with Crippen LogP contribution in [0.25, 0.3) is 0 Å². The van der Waals surface area contributed by atoms with Crippen LogP contribution >= 0.6 is 11.3 Å². The summed E-state index contributed by atoms with van der Waals surface area (Å²) in [6.07, 6.45) is 2.77. The number of fused-ring (bicyclic) bond motifs is 4. The molecule has 0 spiro atoms. The Morgan fingerprint density at radius 3 is 2.65 bits per heavy atom. The van der Waals surface area contributed by atoms with Crippen LogP contribution in [0.4, 0.5) is 0 Å². The Labute approximate surface area is 162 Å². The van der Waals surface area contributed by atoms with Crippen LogP contribution in [0.5, 0.6) is 0 Å². The molecule has 26 heavy (non-hydrogen) atoms. The third-order valence-electron chi connectivity index (χ3n) is 5.72. The van der Waals surface area contributed by atoms with Gasteiger partial charge in [-0.3, -0.25) is 9.80 Å². The molecule has 0 unspecified atom stereocenters. The molecule has 1 aromatic heterocycles. The van der Waals surface area contributed by atoms with E-state index >= 15 is 0 Å². The highest BCUT2D eigenvalue weighted by atomic mass is 32.1. The van der Waals surface area contributed by atoms with E-state index in [-0.39, 0.29) is 0 Å². The zero-order chi connectivity index (χ0) is 17.9. The van der Waals surface area contributed by atoms with E-state index in [0.717, 1.165) is 31.6 Å². The van der Waals surface area contributed by atoms with Crippen molar-refractivity contribution in [3.8, 4) is 0 Å². The first-order valence-corrected chi connectivity index (χ1v) is 10.7. The number of benzene rings is 1. The molecule has 3 aliphatic heterocycles. The molecule has 0 aliphatic carbocycles. The summed E-state index contributed by atoms with van der Waals surface area (Å²) < 4.78 is 0. The first kappa shape index (κ1) is 18.2. The molecule has 4 heterocycles. The second-order valence-corrected chi connectivity index (χ2v) is 9.36. The summed E-state index contributed by atoms with van der Waals surface area (Å²) >= 11 is 1.94. The largest absolute Gasteiger partial charge is 0.305 e. The van der Waals surface area contributed by atoms with E-state index in [0.29, 0.717) is 0 Å². The third-order valence-corrected chi connectivity index (χ3v) is 6.69. The fourth-order valence-corrected chi connectivity index (χ4v) is 5.50. The van der Waals surface area contributed by atoms with Crippen LogP contribution in [0.3, 0.4) is 0 Å². The second kappa shape index (κ2) is 8.22. The maximum atomic E-state index is 2.77. The standard InChI is InChI=1S/C22H31N3S/c1-23(2)11-20-10-22(26-17-20)16-25-14-19-8-9-21(25)15-24(13-19)12-18-6-4-3-5-7-18/h3-7,10,17,19,21H,8-9,11-16H2,1-2H3/t19-,21+/m0/s1. The Hall–Kier alpha value is -1.20. The molecular formula is C22H31N3S. The van der Waals surface area contributed by atoms with E-state index in [1.165, 1.54) is 48.5 Å². The fourth-order valence-electron chi connectivity index (χ4n) is 4.60. The lowest BCUT2D eigenvalue weighted by molar-refractivity contribution is 0.124. The Morgan fingerprint density at radius 2 is 1.85 bits per heavy atom. The minimum Gasteiger partial charge on any atom is -0.305 e. The molecule has 0 amide bonds. The Bertz CT molecular complexity index is 696. The van der Waals surface area contributed by atoms with Crippen LogP contribution in [-0.2, 0) is 19.6 Å². The number of piperidine rings is 1. The van der Waals surface area contributed by atoms with Crippen LogP contribution in [-0.4, -0.2) is 54.5 Å². The molecule has 3 aliphatic rings. The van der Waals surface area contributed by atoms with Gasteiger partial charge in [0.25, 0.3) is 0 Å². The molecule has 3 nitrogen and oxygen atoms in total. The van der Waals surface area contributed by atoms with E-state index < -0.39 is 0 Å². The van der Waals surface area contributed by atoms with Crippen LogP contribution in [0, 0.1) is 5.92 Å². The van der Waals surface area contributed by atoms with E-state index in [4.69, 9.17) is 0 Å². The van der Waals surface area contributed by atoms with Crippen molar-refractivity contribution in [1.29, 1.82) is 0 Å². The van der Waals surface area contributed by atoms with Gasteiger partial charge < -0.3 is 4.90 Å². The molecule has 3 saturated heterocycles. The van der Waals surface area contributed by atoms with Crippen molar-refractivity contribution in [2.45, 2.75) is 38.5 Å². The Balaban J connectivity index is 1.39. The number of nitrogens with zero attached hydrogens (tertiary/aromatic N) is 3. The highest BCUT2D eigenvalue weighted by molar-refractivity contribution is 7.10. The summed E-state index contributed by atoms with van der Waals surface area (Å²) in [7, 11) is 4.29. The highest BCUT2D eigenvalue weighted by Gasteiger charge is 2.34. The molecule has 0 saturated carbocycles. The summed E-state index contributed by atoms with van der Waals surface area (Å²) in [6.45, 7) is 7.05. The van der Waals surface area contributed by atoms with E-state index in [9.17, 15) is 0 Å². The lowest BCUT2D eigenvalue weighted by Gasteiger charge is -2.35. The fraction of sp³-hybridized carbons (Fsp3) is 0.545. The quantitative estimate of drug-likeness (QED) is 0.764. The lowest BCUT2D eigenvalue weighted by Crippen LogP contribution is -2.43. The van der Waals surface area contributed by atoms with Gasteiger partial charge in [0.15, 0.2) is 0 Å². The van der Waals surface area contributed by atoms with Gasteiger partial charge in [0.1, 0.15) is 0 Å². The number of rotatable bonds is 6. The predicted molar refractivity (Wildman–Crippen MR) is 110 cm³/mol. The van der Waals surface area contributed by atoms with Gasteiger partial charge in [-0.05, 0) is 55.4 Å². The number of hydrogen-bond donors (Lipinski definition) is 0. The Morgan fingerprint density at radius 1 is 1.00 bits per heavy atom. The van der Waals surface area contributed by atoms with Gasteiger partial charge in [-0.1, -0.05) is 30.3 Å². The van der Waals surface area contributed by atoms with E-state index in [2.05, 4.69) is 70.6 Å². The highest BCUT2D eigenvalue weighted by Crippen LogP contribution is 2.31. The molecule has 2 bridgehead atoms. The van der Waals surface area contributed by atoms with Crippen LogP contribution in [0.1, 0.15) is 28.8 Å². The van der Waals surface area contributed by atoms with E-state index in [1.807, 2.05) is 11.3 Å². The van der Waals surface area contributed by atoms with Crippen molar-refractivity contribution in [3.05, 3.63) is 57.8 Å². The molecular weight excluding hydrogens is 338 g/mol. The van der Waals surface area contributed by atoms with Gasteiger partial charge in [0, 0.05) is 50.2 Å². The summed E-state index contributed by atoms with van der Waals surface area (Å²) in [5.74, 6) is 0.832. The number of thiophene rings is 1. The average Bonchev–Trinajstić information content (AvgIpc) is 2.86. The smallest absolute Gasteiger partial charge is 0.0331 e. The molecule has 140 valence electrons. The third kappa shape index (κ3) is 4.55. The summed E-state index contributed by atoms with van der Waals surface area (Å²) in [4.78, 5) is 9.25. The van der Waals surface area contributed by atoms with Gasteiger partial charge in [0.2, 0.25) is 0 Å². The molecule has 1 aromatic carbocycles. The van der Waals surface area contributed by atoms with Crippen LogP contribution in [0.15, 0.2) is 41.8 Å². The van der Waals surface area contributed by atoms with Crippen molar-refractivity contribution >= 4 is 11.3 Å². The van der Waals surface area contributed by atoms with Crippen molar-refractivity contribution < 1.29 is 0 Å². The molecule has 3 fully saturated rings. The molecule has 4 heteroatoms. The SMILES string of the molecule is CN(C)Cc1csc(CN2C[C@H]3CC[C@@H]2CN(Cc2ccccc2)C3)c1. The normalized spacial score (nSPS) is 24.3. The van der Waals surface area contributed by atoms with Crippen molar-refractivity contribution in [2.24, 2.45) is 5.92 Å². The Kier molecular flexibility index (Phi) is 5.75. The summed E-state index contributed by atoms with van der Waals surface area (Å²) in [5, 5.41) is 2.34. The monoisotopic (exact) mass is 369 g/mol. The lowest BCUT2D eigenvalue weighted by atomic mass is 9.95. The maximum absolute atomic E-state index is 2.77. The van der Waals surface area contributed by atoms with Gasteiger partial charge >= 0.3 is 0 Å². The average molecular weight is 370 g/mol. The van der Waals surface area contributed by atoms with Crippen molar-refractivity contribution in [3.63, 3.8) is 0 Å². The second-order valence-electron chi connectivity index (χ2n) is 8.37. The topological polar surface area (TPSA) is 9.72 Å². The molecule has 2 aromatic rings. The molecule has 0 radical (unpaired) electrons. The van der Waals surface area contributed by atoms with Crippen LogP contribution in [0.2, 0.25) is 0 Å². The van der Waals surface area contributed by atoms with Gasteiger partial charge in [-0.2, -0.15) is 0 Å². The predicted octanol–water partition coefficient (Wildman–Crippen LogP) is 3.91. The van der Waals surface area contributed by atoms with Gasteiger partial charge in [0.05, 0.1) is 0 Å². The summed E-state index contributed by atoms with van der Waals surface area (Å²) in [6, 6.07) is 14.1. The van der Waals surface area contributed by atoms with E-state index in [1.54, 1.807) is 0 Å². The maximum Gasteiger partial charge on any atom is 0.0331 e. The minimum atomic E-state index is 0.719. The molecule has 0 N–H and O–H groups in total. The number of hydrogen-bond acceptors (Lipinski definition) is 4. The van der Waals surface area contributed by atoms with Gasteiger partial charge in [-0.25, -0.2) is 0 Å². The zero-order valence-corrected chi connectivity index (χ0v) is 16.9. The van der Waals surface area contributed by atoms with Gasteiger partial charge in [-0.15, -0.1) is 11.3 Å². The minimum absolute atomic E-state index is 0.719. The first-order valence-electron chi connectivity index (χ1n) is 9.87. The first-order chi connectivity index (χ1) is 12.7. The van der Waals surface area contributed by atoms with Crippen molar-refractivity contribution in [1.82, 2.24) is 14.7 Å². The van der Waals surface area contributed by atoms with Crippen molar-refractivity contribution in [2.75, 3.05) is 33.7 Å². The van der Waals surface area contributed by atoms with Crippen LogP contribution < -0.4 is 0 Å². The zero-order valence-electron chi connectivity index (χ0n) is 16.1. The summed E-state index contributed by atoms with van der Waals surface area (Å²) in [5.41, 5.74) is 2.91. The molecule has 2 atom stereocenters. The molecule has 5 rings (SSSR count).